The van der Waals surface area contributed by atoms with E-state index in [1.54, 1.807) is 26.4 Å². The van der Waals surface area contributed by atoms with Gasteiger partial charge in [0.2, 0.25) is 0 Å². The van der Waals surface area contributed by atoms with Gasteiger partial charge in [0, 0.05) is 12.6 Å². The second kappa shape index (κ2) is 7.57. The lowest BCUT2D eigenvalue weighted by Gasteiger charge is -2.26. The molecule has 0 aromatic heterocycles. The summed E-state index contributed by atoms with van der Waals surface area (Å²) in [5.74, 6) is 0.558. The molecule has 1 aliphatic heterocycles. The smallest absolute Gasteiger partial charge is 0.336 e. The molecule has 0 bridgehead atoms. The number of rotatable bonds is 6. The van der Waals surface area contributed by atoms with Crippen LogP contribution in [0.2, 0.25) is 0 Å². The number of aromatic carboxylic acids is 1. The monoisotopic (exact) mass is 341 g/mol. The van der Waals surface area contributed by atoms with Gasteiger partial charge in [-0.3, -0.25) is 4.90 Å². The molecule has 0 amide bonds. The molecule has 1 fully saturated rings. The number of hydrogen-bond donors (Lipinski definition) is 1. The second-order valence-corrected chi connectivity index (χ2v) is 6.21. The predicted molar refractivity (Wildman–Crippen MR) is 95.3 cm³/mol. The van der Waals surface area contributed by atoms with Crippen LogP contribution in [-0.4, -0.2) is 36.7 Å². The predicted octanol–water partition coefficient (Wildman–Crippen LogP) is 3.74. The minimum absolute atomic E-state index is 0.252. The average molecular weight is 341 g/mol. The summed E-state index contributed by atoms with van der Waals surface area (Å²) in [6.45, 7) is 1.58. The van der Waals surface area contributed by atoms with Gasteiger partial charge < -0.3 is 14.6 Å². The van der Waals surface area contributed by atoms with Gasteiger partial charge in [0.05, 0.1) is 19.8 Å². The summed E-state index contributed by atoms with van der Waals surface area (Å²) in [5, 5.41) is 9.40. The molecule has 25 heavy (non-hydrogen) atoms. The number of nitrogens with zero attached hydrogens (tertiary/aromatic N) is 1. The lowest BCUT2D eigenvalue weighted by Crippen LogP contribution is -2.24. The van der Waals surface area contributed by atoms with Crippen LogP contribution < -0.4 is 9.47 Å². The van der Waals surface area contributed by atoms with E-state index in [0.717, 1.165) is 30.7 Å². The largest absolute Gasteiger partial charge is 0.493 e. The fraction of sp³-hybridized carbons (Fsp3) is 0.350. The van der Waals surface area contributed by atoms with Crippen molar-refractivity contribution in [2.24, 2.45) is 0 Å². The third-order valence-corrected chi connectivity index (χ3v) is 4.78. The number of benzene rings is 2. The van der Waals surface area contributed by atoms with Crippen molar-refractivity contribution >= 4 is 5.97 Å². The Morgan fingerprint density at radius 2 is 1.92 bits per heavy atom. The molecule has 5 heteroatoms. The number of carbonyl (C=O) groups is 1. The maximum Gasteiger partial charge on any atom is 0.336 e. The molecule has 1 atom stereocenters. The molecule has 0 spiro atoms. The van der Waals surface area contributed by atoms with Crippen LogP contribution >= 0.6 is 0 Å². The summed E-state index contributed by atoms with van der Waals surface area (Å²) >= 11 is 0. The van der Waals surface area contributed by atoms with E-state index in [1.807, 2.05) is 24.3 Å². The van der Waals surface area contributed by atoms with Crippen molar-refractivity contribution in [2.45, 2.75) is 25.4 Å². The first-order valence-electron chi connectivity index (χ1n) is 8.41. The van der Waals surface area contributed by atoms with Crippen molar-refractivity contribution in [3.63, 3.8) is 0 Å². The molecule has 0 radical (unpaired) electrons. The molecule has 3 rings (SSSR count). The first-order valence-corrected chi connectivity index (χ1v) is 8.41. The van der Waals surface area contributed by atoms with Gasteiger partial charge in [-0.05, 0) is 48.7 Å². The van der Waals surface area contributed by atoms with Crippen LogP contribution in [0.1, 0.15) is 40.4 Å². The second-order valence-electron chi connectivity index (χ2n) is 6.21. The molecule has 0 saturated carbocycles. The highest BCUT2D eigenvalue weighted by Crippen LogP contribution is 2.37. The van der Waals surface area contributed by atoms with Crippen LogP contribution in [0, 0.1) is 0 Å². The molecule has 132 valence electrons. The summed E-state index contributed by atoms with van der Waals surface area (Å²) in [6, 6.07) is 13.5. The molecule has 1 unspecified atom stereocenters. The fourth-order valence-corrected chi connectivity index (χ4v) is 3.54. The number of carboxylic acid groups (broad SMARTS) is 1. The number of hydrogen-bond acceptors (Lipinski definition) is 4. The van der Waals surface area contributed by atoms with E-state index in [2.05, 4.69) is 11.0 Å². The Balaban J connectivity index is 1.85. The van der Waals surface area contributed by atoms with Gasteiger partial charge in [0.1, 0.15) is 0 Å². The first kappa shape index (κ1) is 17.3. The summed E-state index contributed by atoms with van der Waals surface area (Å²) < 4.78 is 10.7. The maximum absolute atomic E-state index is 11.5. The van der Waals surface area contributed by atoms with Gasteiger partial charge in [-0.15, -0.1) is 0 Å². The minimum Gasteiger partial charge on any atom is -0.493 e. The van der Waals surface area contributed by atoms with Crippen molar-refractivity contribution in [1.82, 2.24) is 4.90 Å². The van der Waals surface area contributed by atoms with Crippen LogP contribution in [0.5, 0.6) is 11.5 Å². The SMILES string of the molecule is COc1ccc(C2CCCN2Cc2ccccc2C(=O)O)cc1OC. The number of ether oxygens (including phenoxy) is 2. The molecule has 1 heterocycles. The van der Waals surface area contributed by atoms with Gasteiger partial charge in [-0.1, -0.05) is 24.3 Å². The van der Waals surface area contributed by atoms with Crippen LogP contribution in [0.25, 0.3) is 0 Å². The van der Waals surface area contributed by atoms with Crippen molar-refractivity contribution in [1.29, 1.82) is 0 Å². The van der Waals surface area contributed by atoms with E-state index in [4.69, 9.17) is 9.47 Å². The Morgan fingerprint density at radius 3 is 2.64 bits per heavy atom. The van der Waals surface area contributed by atoms with Crippen LogP contribution in [0.15, 0.2) is 42.5 Å². The van der Waals surface area contributed by atoms with E-state index < -0.39 is 5.97 Å². The van der Waals surface area contributed by atoms with Crippen LogP contribution in [-0.2, 0) is 6.54 Å². The summed E-state index contributed by atoms with van der Waals surface area (Å²) in [7, 11) is 3.26. The Kier molecular flexibility index (Phi) is 5.24. The maximum atomic E-state index is 11.5. The molecular weight excluding hydrogens is 318 g/mol. The Hall–Kier alpha value is -2.53. The third kappa shape index (κ3) is 3.61. The molecule has 1 N–H and O–H groups in total. The molecule has 0 aliphatic carbocycles. The quantitative estimate of drug-likeness (QED) is 0.867. The highest BCUT2D eigenvalue weighted by molar-refractivity contribution is 5.89. The van der Waals surface area contributed by atoms with Gasteiger partial charge >= 0.3 is 5.97 Å². The standard InChI is InChI=1S/C20H23NO4/c1-24-18-10-9-14(12-19(18)25-2)17-8-5-11-21(17)13-15-6-3-4-7-16(15)20(22)23/h3-4,6-7,9-10,12,17H,5,8,11,13H2,1-2H3,(H,22,23). The molecular formula is C20H23NO4. The zero-order valence-electron chi connectivity index (χ0n) is 14.6. The minimum atomic E-state index is -0.877. The Morgan fingerprint density at radius 1 is 1.16 bits per heavy atom. The van der Waals surface area contributed by atoms with Gasteiger partial charge in [-0.25, -0.2) is 4.79 Å². The average Bonchev–Trinajstić information content (AvgIpc) is 3.09. The summed E-state index contributed by atoms with van der Waals surface area (Å²) in [4.78, 5) is 13.8. The Labute approximate surface area is 147 Å². The van der Waals surface area contributed by atoms with E-state index in [-0.39, 0.29) is 6.04 Å². The zero-order valence-corrected chi connectivity index (χ0v) is 14.6. The van der Waals surface area contributed by atoms with E-state index in [1.165, 1.54) is 5.56 Å². The fourth-order valence-electron chi connectivity index (χ4n) is 3.54. The molecule has 2 aromatic rings. The third-order valence-electron chi connectivity index (χ3n) is 4.78. The number of carboxylic acids is 1. The van der Waals surface area contributed by atoms with Crippen LogP contribution in [0.3, 0.4) is 0 Å². The van der Waals surface area contributed by atoms with Crippen molar-refractivity contribution < 1.29 is 19.4 Å². The highest BCUT2D eigenvalue weighted by Gasteiger charge is 2.27. The number of likely N-dealkylation sites (tertiary alicyclic amines) is 1. The van der Waals surface area contributed by atoms with Crippen molar-refractivity contribution in [2.75, 3.05) is 20.8 Å². The topological polar surface area (TPSA) is 59.0 Å². The lowest BCUT2D eigenvalue weighted by atomic mass is 10.0. The van der Waals surface area contributed by atoms with E-state index >= 15 is 0 Å². The summed E-state index contributed by atoms with van der Waals surface area (Å²) in [5.41, 5.74) is 2.39. The van der Waals surface area contributed by atoms with Crippen molar-refractivity contribution in [3.8, 4) is 11.5 Å². The molecule has 2 aromatic carbocycles. The van der Waals surface area contributed by atoms with Gasteiger partial charge in [0.15, 0.2) is 11.5 Å². The van der Waals surface area contributed by atoms with E-state index in [0.29, 0.717) is 17.9 Å². The first-order chi connectivity index (χ1) is 12.1. The highest BCUT2D eigenvalue weighted by atomic mass is 16.5. The lowest BCUT2D eigenvalue weighted by molar-refractivity contribution is 0.0694. The molecule has 1 aliphatic rings. The molecule has 5 nitrogen and oxygen atoms in total. The van der Waals surface area contributed by atoms with E-state index in [9.17, 15) is 9.90 Å². The number of methoxy groups -OCH3 is 2. The normalized spacial score (nSPS) is 17.4. The Bertz CT molecular complexity index is 759. The molecule has 1 saturated heterocycles. The van der Waals surface area contributed by atoms with Crippen LogP contribution in [0.4, 0.5) is 0 Å². The van der Waals surface area contributed by atoms with Gasteiger partial charge in [0.25, 0.3) is 0 Å². The van der Waals surface area contributed by atoms with Crippen molar-refractivity contribution in [3.05, 3.63) is 59.2 Å². The summed E-state index contributed by atoms with van der Waals surface area (Å²) in [6.07, 6.45) is 2.14. The zero-order chi connectivity index (χ0) is 17.8. The van der Waals surface area contributed by atoms with Gasteiger partial charge in [-0.2, -0.15) is 0 Å².